The molecule has 19 heavy (non-hydrogen) atoms. The molecule has 0 saturated carbocycles. The molecule has 2 aromatic rings. The molecule has 1 aromatic carbocycles. The highest BCUT2D eigenvalue weighted by molar-refractivity contribution is 5.56. The maximum Gasteiger partial charge on any atom is 0.144 e. The van der Waals surface area contributed by atoms with Gasteiger partial charge in [-0.1, -0.05) is 30.3 Å². The van der Waals surface area contributed by atoms with E-state index >= 15 is 0 Å². The predicted octanol–water partition coefficient (Wildman–Crippen LogP) is 3.22. The van der Waals surface area contributed by atoms with Crippen LogP contribution in [0, 0.1) is 25.2 Å². The van der Waals surface area contributed by atoms with Gasteiger partial charge in [0.05, 0.1) is 5.56 Å². The summed E-state index contributed by atoms with van der Waals surface area (Å²) in [7, 11) is 0. The average molecular weight is 251 g/mol. The standard InChI is InChI=1S/C16H17N3/c1-12-10-13(2)19-16(15(12)11-17)18-9-8-14-6-4-3-5-7-14/h3-7,10H,8-9H2,1-2H3,(H,18,19). The molecule has 0 aliphatic heterocycles. The number of hydrogen-bond donors (Lipinski definition) is 1. The van der Waals surface area contributed by atoms with Crippen LogP contribution in [0.25, 0.3) is 0 Å². The van der Waals surface area contributed by atoms with Gasteiger partial charge in [0.15, 0.2) is 0 Å². The molecule has 0 saturated heterocycles. The number of nitriles is 1. The molecule has 3 nitrogen and oxygen atoms in total. The van der Waals surface area contributed by atoms with Gasteiger partial charge in [0.1, 0.15) is 11.9 Å². The van der Waals surface area contributed by atoms with E-state index in [1.165, 1.54) is 5.56 Å². The SMILES string of the molecule is Cc1cc(C)c(C#N)c(NCCc2ccccc2)n1. The van der Waals surface area contributed by atoms with Gasteiger partial charge in [-0.2, -0.15) is 5.26 Å². The van der Waals surface area contributed by atoms with Crippen molar-refractivity contribution in [3.8, 4) is 6.07 Å². The lowest BCUT2D eigenvalue weighted by atomic mass is 10.1. The summed E-state index contributed by atoms with van der Waals surface area (Å²) in [6.07, 6.45) is 0.917. The Morgan fingerprint density at radius 1 is 1.21 bits per heavy atom. The van der Waals surface area contributed by atoms with Crippen LogP contribution in [0.2, 0.25) is 0 Å². The minimum Gasteiger partial charge on any atom is -0.369 e. The third kappa shape index (κ3) is 3.32. The topological polar surface area (TPSA) is 48.7 Å². The molecular formula is C16H17N3. The summed E-state index contributed by atoms with van der Waals surface area (Å²) in [5.41, 5.74) is 3.81. The first-order chi connectivity index (χ1) is 9.20. The van der Waals surface area contributed by atoms with Gasteiger partial charge in [-0.05, 0) is 37.5 Å². The van der Waals surface area contributed by atoms with E-state index in [1.807, 2.05) is 38.1 Å². The zero-order chi connectivity index (χ0) is 13.7. The van der Waals surface area contributed by atoms with Gasteiger partial charge in [0, 0.05) is 12.2 Å². The van der Waals surface area contributed by atoms with Crippen molar-refractivity contribution in [2.75, 3.05) is 11.9 Å². The van der Waals surface area contributed by atoms with Gasteiger partial charge in [-0.3, -0.25) is 0 Å². The molecule has 0 amide bonds. The molecule has 0 unspecified atom stereocenters. The van der Waals surface area contributed by atoms with Crippen LogP contribution in [-0.4, -0.2) is 11.5 Å². The van der Waals surface area contributed by atoms with E-state index in [0.717, 1.165) is 24.2 Å². The smallest absolute Gasteiger partial charge is 0.144 e. The van der Waals surface area contributed by atoms with Crippen molar-refractivity contribution >= 4 is 5.82 Å². The van der Waals surface area contributed by atoms with Crippen molar-refractivity contribution in [3.05, 3.63) is 58.8 Å². The number of nitrogens with zero attached hydrogens (tertiary/aromatic N) is 2. The summed E-state index contributed by atoms with van der Waals surface area (Å²) in [5.74, 6) is 0.691. The second-order valence-electron chi connectivity index (χ2n) is 4.58. The van der Waals surface area contributed by atoms with Gasteiger partial charge in [0.25, 0.3) is 0 Å². The number of aryl methyl sites for hydroxylation is 2. The third-order valence-corrected chi connectivity index (χ3v) is 3.01. The van der Waals surface area contributed by atoms with E-state index in [1.54, 1.807) is 0 Å². The summed E-state index contributed by atoms with van der Waals surface area (Å²) in [5, 5.41) is 12.4. The van der Waals surface area contributed by atoms with E-state index < -0.39 is 0 Å². The van der Waals surface area contributed by atoms with Gasteiger partial charge in [-0.25, -0.2) is 4.98 Å². The lowest BCUT2D eigenvalue weighted by Crippen LogP contribution is -2.09. The first-order valence-corrected chi connectivity index (χ1v) is 6.37. The summed E-state index contributed by atoms with van der Waals surface area (Å²) in [6, 6.07) is 14.4. The normalized spacial score (nSPS) is 9.95. The first-order valence-electron chi connectivity index (χ1n) is 6.37. The zero-order valence-corrected chi connectivity index (χ0v) is 11.3. The molecule has 0 aliphatic carbocycles. The van der Waals surface area contributed by atoms with Gasteiger partial charge in [-0.15, -0.1) is 0 Å². The van der Waals surface area contributed by atoms with Crippen LogP contribution in [0.3, 0.4) is 0 Å². The molecule has 0 spiro atoms. The average Bonchev–Trinajstić information content (AvgIpc) is 2.39. The predicted molar refractivity (Wildman–Crippen MR) is 77.1 cm³/mol. The fourth-order valence-corrected chi connectivity index (χ4v) is 2.08. The minimum atomic E-state index is 0.638. The van der Waals surface area contributed by atoms with Crippen LogP contribution >= 0.6 is 0 Å². The van der Waals surface area contributed by atoms with Crippen molar-refractivity contribution in [2.45, 2.75) is 20.3 Å². The molecule has 2 rings (SSSR count). The van der Waals surface area contributed by atoms with E-state index in [2.05, 4.69) is 28.5 Å². The molecule has 0 bridgehead atoms. The van der Waals surface area contributed by atoms with Crippen LogP contribution < -0.4 is 5.32 Å². The highest BCUT2D eigenvalue weighted by atomic mass is 15.0. The lowest BCUT2D eigenvalue weighted by Gasteiger charge is -2.10. The molecule has 1 N–H and O–H groups in total. The molecule has 1 heterocycles. The number of aromatic nitrogens is 1. The molecule has 1 aromatic heterocycles. The molecule has 0 atom stereocenters. The summed E-state index contributed by atoms with van der Waals surface area (Å²) in [6.45, 7) is 4.65. The maximum atomic E-state index is 9.18. The monoisotopic (exact) mass is 251 g/mol. The van der Waals surface area contributed by atoms with Gasteiger partial charge in [0.2, 0.25) is 0 Å². The van der Waals surface area contributed by atoms with Crippen LogP contribution in [0.4, 0.5) is 5.82 Å². The minimum absolute atomic E-state index is 0.638. The second kappa shape index (κ2) is 6.01. The number of anilines is 1. The molecule has 0 aliphatic rings. The fraction of sp³-hybridized carbons (Fsp3) is 0.250. The zero-order valence-electron chi connectivity index (χ0n) is 11.3. The van der Waals surface area contributed by atoms with Crippen molar-refractivity contribution < 1.29 is 0 Å². The Hall–Kier alpha value is -2.34. The Kier molecular flexibility index (Phi) is 4.15. The Morgan fingerprint density at radius 3 is 2.63 bits per heavy atom. The van der Waals surface area contributed by atoms with Crippen LogP contribution in [0.1, 0.15) is 22.4 Å². The quantitative estimate of drug-likeness (QED) is 0.907. The van der Waals surface area contributed by atoms with E-state index in [9.17, 15) is 5.26 Å². The van der Waals surface area contributed by atoms with Crippen LogP contribution in [-0.2, 0) is 6.42 Å². The Bertz CT molecular complexity index is 597. The number of benzene rings is 1. The Morgan fingerprint density at radius 2 is 1.95 bits per heavy atom. The highest BCUT2D eigenvalue weighted by Gasteiger charge is 2.07. The third-order valence-electron chi connectivity index (χ3n) is 3.01. The fourth-order valence-electron chi connectivity index (χ4n) is 2.08. The van der Waals surface area contributed by atoms with Crippen molar-refractivity contribution in [1.82, 2.24) is 4.98 Å². The largest absolute Gasteiger partial charge is 0.369 e. The van der Waals surface area contributed by atoms with Crippen molar-refractivity contribution in [2.24, 2.45) is 0 Å². The van der Waals surface area contributed by atoms with Crippen molar-refractivity contribution in [1.29, 1.82) is 5.26 Å². The number of hydrogen-bond acceptors (Lipinski definition) is 3. The molecule has 0 fully saturated rings. The number of nitrogens with one attached hydrogen (secondary N) is 1. The van der Waals surface area contributed by atoms with E-state index in [4.69, 9.17) is 0 Å². The summed E-state index contributed by atoms with van der Waals surface area (Å²) < 4.78 is 0. The summed E-state index contributed by atoms with van der Waals surface area (Å²) in [4.78, 5) is 4.40. The van der Waals surface area contributed by atoms with Crippen molar-refractivity contribution in [3.63, 3.8) is 0 Å². The maximum absolute atomic E-state index is 9.18. The molecule has 0 radical (unpaired) electrons. The van der Waals surface area contributed by atoms with E-state index in [0.29, 0.717) is 11.4 Å². The summed E-state index contributed by atoms with van der Waals surface area (Å²) >= 11 is 0. The Labute approximate surface area is 113 Å². The number of pyridine rings is 1. The van der Waals surface area contributed by atoms with Gasteiger partial charge >= 0.3 is 0 Å². The lowest BCUT2D eigenvalue weighted by molar-refractivity contribution is 0.996. The second-order valence-corrected chi connectivity index (χ2v) is 4.58. The first kappa shape index (κ1) is 13.1. The van der Waals surface area contributed by atoms with Crippen LogP contribution in [0.15, 0.2) is 36.4 Å². The molecule has 96 valence electrons. The molecular weight excluding hydrogens is 234 g/mol. The van der Waals surface area contributed by atoms with Gasteiger partial charge < -0.3 is 5.32 Å². The number of rotatable bonds is 4. The molecule has 3 heteroatoms. The Balaban J connectivity index is 2.06. The highest BCUT2D eigenvalue weighted by Crippen LogP contribution is 2.17. The van der Waals surface area contributed by atoms with Crippen LogP contribution in [0.5, 0.6) is 0 Å². The van der Waals surface area contributed by atoms with E-state index in [-0.39, 0.29) is 0 Å².